The number of carbonyl (C=O) groups is 1. The van der Waals surface area contributed by atoms with E-state index in [1.54, 1.807) is 12.3 Å². The number of carboxylic acids is 1. The molecule has 1 aliphatic rings. The Morgan fingerprint density at radius 3 is 2.48 bits per heavy atom. The maximum atomic E-state index is 12.6. The summed E-state index contributed by atoms with van der Waals surface area (Å²) in [6.07, 6.45) is 3.72. The molecular weight excluding hydrogens is 338 g/mol. The molecule has 0 atom stereocenters. The Kier molecular flexibility index (Phi) is 3.65. The molecule has 4 nitrogen and oxygen atoms in total. The second-order valence-electron chi connectivity index (χ2n) is 6.48. The molecule has 2 heterocycles. The first-order valence-corrected chi connectivity index (χ1v) is 8.53. The first kappa shape index (κ1) is 15.9. The van der Waals surface area contributed by atoms with E-state index in [2.05, 4.69) is 0 Å². The van der Waals surface area contributed by atoms with Crippen molar-refractivity contribution in [3.8, 4) is 11.1 Å². The third-order valence-electron chi connectivity index (χ3n) is 4.82. The van der Waals surface area contributed by atoms with Crippen LogP contribution in [-0.4, -0.2) is 15.5 Å². The van der Waals surface area contributed by atoms with Crippen LogP contribution in [0.25, 0.3) is 16.6 Å². The number of rotatable bonds is 3. The lowest BCUT2D eigenvalue weighted by Crippen LogP contribution is -2.23. The predicted molar refractivity (Wildman–Crippen MR) is 97.8 cm³/mol. The van der Waals surface area contributed by atoms with Crippen LogP contribution in [0.1, 0.15) is 40.2 Å². The summed E-state index contributed by atoms with van der Waals surface area (Å²) in [7, 11) is 0. The van der Waals surface area contributed by atoms with E-state index in [1.807, 2.05) is 37.3 Å². The van der Waals surface area contributed by atoms with Crippen molar-refractivity contribution < 1.29 is 9.90 Å². The first-order valence-electron chi connectivity index (χ1n) is 8.15. The number of fused-ring (bicyclic) bond motifs is 1. The van der Waals surface area contributed by atoms with Gasteiger partial charge in [-0.05, 0) is 72.2 Å². The summed E-state index contributed by atoms with van der Waals surface area (Å²) in [5.41, 5.74) is 4.12. The van der Waals surface area contributed by atoms with E-state index in [-0.39, 0.29) is 5.56 Å². The maximum absolute atomic E-state index is 12.6. The molecule has 0 spiro atoms. The minimum Gasteiger partial charge on any atom is -0.477 e. The third kappa shape index (κ3) is 2.63. The summed E-state index contributed by atoms with van der Waals surface area (Å²) in [6.45, 7) is 1.98. The van der Waals surface area contributed by atoms with Gasteiger partial charge in [-0.3, -0.25) is 9.20 Å². The maximum Gasteiger partial charge on any atom is 0.341 e. The molecule has 3 aromatic rings. The summed E-state index contributed by atoms with van der Waals surface area (Å²) in [5, 5.41) is 10.0. The fourth-order valence-electron chi connectivity index (χ4n) is 3.40. The van der Waals surface area contributed by atoms with Crippen LogP contribution in [0.15, 0.2) is 47.4 Å². The summed E-state index contributed by atoms with van der Waals surface area (Å²) < 4.78 is 1.48. The molecule has 1 aliphatic carbocycles. The fourth-order valence-corrected chi connectivity index (χ4v) is 3.52. The largest absolute Gasteiger partial charge is 0.477 e. The van der Waals surface area contributed by atoms with Crippen molar-refractivity contribution in [3.63, 3.8) is 0 Å². The minimum absolute atomic E-state index is 0.168. The van der Waals surface area contributed by atoms with Gasteiger partial charge in [-0.1, -0.05) is 23.7 Å². The van der Waals surface area contributed by atoms with Crippen molar-refractivity contribution in [1.82, 2.24) is 4.40 Å². The van der Waals surface area contributed by atoms with Crippen molar-refractivity contribution in [2.75, 3.05) is 0 Å². The van der Waals surface area contributed by atoms with Gasteiger partial charge in [0.2, 0.25) is 0 Å². The Morgan fingerprint density at radius 1 is 1.20 bits per heavy atom. The average molecular weight is 354 g/mol. The van der Waals surface area contributed by atoms with Crippen LogP contribution in [0.5, 0.6) is 0 Å². The lowest BCUT2D eigenvalue weighted by atomic mass is 9.96. The highest BCUT2D eigenvalue weighted by molar-refractivity contribution is 6.30. The molecule has 0 saturated heterocycles. The molecule has 2 aromatic heterocycles. The Bertz CT molecular complexity index is 1060. The van der Waals surface area contributed by atoms with E-state index in [4.69, 9.17) is 11.6 Å². The SMILES string of the molecule is Cc1c(-c2ccc(Cl)cc2)ccn2c(=O)c(C(=O)O)cc(C3CC3)c12. The number of halogens is 1. The van der Waals surface area contributed by atoms with Crippen LogP contribution in [-0.2, 0) is 0 Å². The molecule has 0 radical (unpaired) electrons. The zero-order chi connectivity index (χ0) is 17.7. The highest BCUT2D eigenvalue weighted by Crippen LogP contribution is 2.43. The number of pyridine rings is 2. The van der Waals surface area contributed by atoms with Gasteiger partial charge < -0.3 is 5.11 Å². The number of hydrogen-bond donors (Lipinski definition) is 1. The molecular formula is C20H16ClNO3. The first-order chi connectivity index (χ1) is 12.0. The molecule has 126 valence electrons. The van der Waals surface area contributed by atoms with Gasteiger partial charge in [0.1, 0.15) is 5.56 Å². The molecule has 1 aromatic carbocycles. The van der Waals surface area contributed by atoms with Gasteiger partial charge in [0.25, 0.3) is 5.56 Å². The molecule has 4 rings (SSSR count). The highest BCUT2D eigenvalue weighted by atomic mass is 35.5. The van der Waals surface area contributed by atoms with Crippen LogP contribution in [0.4, 0.5) is 0 Å². The van der Waals surface area contributed by atoms with Gasteiger partial charge >= 0.3 is 5.97 Å². The standard InChI is InChI=1S/C20H16ClNO3/c1-11-15(12-4-6-14(21)7-5-12)8-9-22-18(11)16(13-2-3-13)10-17(19(22)23)20(24)25/h4-10,13H,2-3H2,1H3,(H,24,25). The quantitative estimate of drug-likeness (QED) is 0.754. The Hall–Kier alpha value is -2.59. The zero-order valence-electron chi connectivity index (χ0n) is 13.6. The van der Waals surface area contributed by atoms with Crippen molar-refractivity contribution in [1.29, 1.82) is 0 Å². The minimum atomic E-state index is -1.18. The zero-order valence-corrected chi connectivity index (χ0v) is 14.4. The van der Waals surface area contributed by atoms with E-state index in [0.717, 1.165) is 40.6 Å². The van der Waals surface area contributed by atoms with Gasteiger partial charge in [-0.2, -0.15) is 0 Å². The van der Waals surface area contributed by atoms with Crippen LogP contribution in [0.2, 0.25) is 5.02 Å². The molecule has 0 unspecified atom stereocenters. The van der Waals surface area contributed by atoms with Crippen LogP contribution >= 0.6 is 11.6 Å². The summed E-state index contributed by atoms with van der Waals surface area (Å²) in [4.78, 5) is 24.0. The van der Waals surface area contributed by atoms with Gasteiger partial charge in [-0.25, -0.2) is 4.79 Å². The van der Waals surface area contributed by atoms with Gasteiger partial charge in [0, 0.05) is 11.2 Å². The van der Waals surface area contributed by atoms with Crippen molar-refractivity contribution >= 4 is 23.1 Å². The normalized spacial score (nSPS) is 14.0. The van der Waals surface area contributed by atoms with Gasteiger partial charge in [-0.15, -0.1) is 0 Å². The summed E-state index contributed by atoms with van der Waals surface area (Å²) >= 11 is 5.98. The average Bonchev–Trinajstić information content (AvgIpc) is 3.41. The number of aromatic nitrogens is 1. The summed E-state index contributed by atoms with van der Waals surface area (Å²) in [5.74, 6) is -0.853. The second kappa shape index (κ2) is 5.74. The molecule has 0 aliphatic heterocycles. The Morgan fingerprint density at radius 2 is 1.88 bits per heavy atom. The second-order valence-corrected chi connectivity index (χ2v) is 6.91. The van der Waals surface area contributed by atoms with Crippen LogP contribution in [0, 0.1) is 6.92 Å². The molecule has 0 bridgehead atoms. The van der Waals surface area contributed by atoms with E-state index >= 15 is 0 Å². The van der Waals surface area contributed by atoms with Crippen LogP contribution in [0.3, 0.4) is 0 Å². The molecule has 25 heavy (non-hydrogen) atoms. The fraction of sp³-hybridized carbons (Fsp3) is 0.200. The van der Waals surface area contributed by atoms with Gasteiger partial charge in [0.05, 0.1) is 5.52 Å². The molecule has 1 fully saturated rings. The van der Waals surface area contributed by atoms with Gasteiger partial charge in [0.15, 0.2) is 0 Å². The summed E-state index contributed by atoms with van der Waals surface area (Å²) in [6, 6.07) is 11.0. The van der Waals surface area contributed by atoms with E-state index in [1.165, 1.54) is 4.40 Å². The third-order valence-corrected chi connectivity index (χ3v) is 5.07. The number of aromatic carboxylic acids is 1. The highest BCUT2D eigenvalue weighted by Gasteiger charge is 2.29. The number of benzene rings is 1. The van der Waals surface area contributed by atoms with Crippen LogP contribution < -0.4 is 5.56 Å². The molecule has 5 heteroatoms. The number of nitrogens with zero attached hydrogens (tertiary/aromatic N) is 1. The smallest absolute Gasteiger partial charge is 0.341 e. The van der Waals surface area contributed by atoms with E-state index in [9.17, 15) is 14.7 Å². The topological polar surface area (TPSA) is 58.8 Å². The lowest BCUT2D eigenvalue weighted by molar-refractivity contribution is 0.0694. The monoisotopic (exact) mass is 353 g/mol. The Labute approximate surface area is 149 Å². The van der Waals surface area contributed by atoms with Crippen molar-refractivity contribution in [2.24, 2.45) is 0 Å². The molecule has 1 saturated carbocycles. The Balaban J connectivity index is 2.05. The van der Waals surface area contributed by atoms with Crippen molar-refractivity contribution in [2.45, 2.75) is 25.7 Å². The number of hydrogen-bond acceptors (Lipinski definition) is 2. The molecule has 0 amide bonds. The van der Waals surface area contributed by atoms with E-state index in [0.29, 0.717) is 10.9 Å². The molecule has 1 N–H and O–H groups in total. The predicted octanol–water partition coefficient (Wildman–Crippen LogP) is 4.50. The number of carboxylic acid groups (broad SMARTS) is 1. The lowest BCUT2D eigenvalue weighted by Gasteiger charge is -2.15. The van der Waals surface area contributed by atoms with E-state index < -0.39 is 11.5 Å². The number of aryl methyl sites for hydroxylation is 1. The van der Waals surface area contributed by atoms with Crippen molar-refractivity contribution in [3.05, 3.63) is 74.7 Å².